The van der Waals surface area contributed by atoms with Crippen LogP contribution in [0.4, 0.5) is 0 Å². The molecular formula is C19H20N2O3. The van der Waals surface area contributed by atoms with Crippen molar-refractivity contribution in [3.8, 4) is 22.9 Å². The van der Waals surface area contributed by atoms with Crippen molar-refractivity contribution in [1.82, 2.24) is 9.97 Å². The average molecular weight is 324 g/mol. The molecule has 0 unspecified atom stereocenters. The van der Waals surface area contributed by atoms with E-state index in [2.05, 4.69) is 16.0 Å². The second-order valence-electron chi connectivity index (χ2n) is 5.70. The first-order chi connectivity index (χ1) is 11.6. The number of methoxy groups -OCH3 is 1. The molecule has 0 atom stereocenters. The molecule has 2 aromatic carbocycles. The monoisotopic (exact) mass is 324 g/mol. The van der Waals surface area contributed by atoms with Crippen molar-refractivity contribution in [3.63, 3.8) is 0 Å². The van der Waals surface area contributed by atoms with Gasteiger partial charge in [0.25, 0.3) is 0 Å². The van der Waals surface area contributed by atoms with Gasteiger partial charge in [-0.25, -0.2) is 4.98 Å². The highest BCUT2D eigenvalue weighted by Crippen LogP contribution is 2.32. The molecule has 5 heteroatoms. The Labute approximate surface area is 140 Å². The number of aromatic amines is 1. The molecule has 0 amide bonds. The average Bonchev–Trinajstić information content (AvgIpc) is 2.98. The summed E-state index contributed by atoms with van der Waals surface area (Å²) in [7, 11) is 1.55. The van der Waals surface area contributed by atoms with Crippen LogP contribution in [0.2, 0.25) is 0 Å². The first-order valence-electron chi connectivity index (χ1n) is 7.96. The number of ether oxygens (including phenoxy) is 2. The summed E-state index contributed by atoms with van der Waals surface area (Å²) in [5.41, 5.74) is 3.94. The number of aryl methyl sites for hydroxylation is 1. The molecule has 0 radical (unpaired) electrons. The largest absolute Gasteiger partial charge is 0.493 e. The normalized spacial score (nSPS) is 10.8. The van der Waals surface area contributed by atoms with E-state index in [0.29, 0.717) is 17.9 Å². The fourth-order valence-electron chi connectivity index (χ4n) is 2.54. The van der Waals surface area contributed by atoms with Crippen molar-refractivity contribution in [2.24, 2.45) is 0 Å². The van der Waals surface area contributed by atoms with Gasteiger partial charge in [-0.05, 0) is 49.2 Å². The number of imidazole rings is 1. The summed E-state index contributed by atoms with van der Waals surface area (Å²) in [5.74, 6) is 1.42. The number of H-pyrrole nitrogens is 1. The number of carbonyl (C=O) groups is 1. The van der Waals surface area contributed by atoms with Gasteiger partial charge in [0.15, 0.2) is 11.5 Å². The number of hydrogen-bond acceptors (Lipinski definition) is 4. The number of benzene rings is 2. The summed E-state index contributed by atoms with van der Waals surface area (Å²) >= 11 is 0. The summed E-state index contributed by atoms with van der Waals surface area (Å²) in [5, 5.41) is 0. The van der Waals surface area contributed by atoms with Crippen molar-refractivity contribution in [1.29, 1.82) is 0 Å². The van der Waals surface area contributed by atoms with Crippen LogP contribution in [0.1, 0.15) is 25.3 Å². The number of rotatable bonds is 5. The van der Waals surface area contributed by atoms with Crippen molar-refractivity contribution >= 4 is 17.0 Å². The van der Waals surface area contributed by atoms with Gasteiger partial charge in [0.2, 0.25) is 0 Å². The molecule has 24 heavy (non-hydrogen) atoms. The van der Waals surface area contributed by atoms with Crippen LogP contribution >= 0.6 is 0 Å². The van der Waals surface area contributed by atoms with E-state index in [4.69, 9.17) is 9.47 Å². The summed E-state index contributed by atoms with van der Waals surface area (Å²) in [6.45, 7) is 3.98. The minimum atomic E-state index is -0.261. The van der Waals surface area contributed by atoms with Crippen molar-refractivity contribution < 1.29 is 14.3 Å². The SMILES string of the molecule is CCCC(=O)Oc1ccc(-c2nc3ccc(C)cc3[nH]2)cc1OC. The third-order valence-corrected chi connectivity index (χ3v) is 3.75. The Morgan fingerprint density at radius 3 is 2.75 bits per heavy atom. The highest BCUT2D eigenvalue weighted by molar-refractivity contribution is 5.80. The van der Waals surface area contributed by atoms with Gasteiger partial charge < -0.3 is 14.5 Å². The summed E-state index contributed by atoms with van der Waals surface area (Å²) in [4.78, 5) is 19.6. The Morgan fingerprint density at radius 2 is 2.00 bits per heavy atom. The van der Waals surface area contributed by atoms with E-state index < -0.39 is 0 Å². The van der Waals surface area contributed by atoms with Gasteiger partial charge in [0.1, 0.15) is 5.82 Å². The third kappa shape index (κ3) is 3.25. The van der Waals surface area contributed by atoms with Gasteiger partial charge in [0.05, 0.1) is 18.1 Å². The van der Waals surface area contributed by atoms with E-state index in [9.17, 15) is 4.79 Å². The first-order valence-corrected chi connectivity index (χ1v) is 7.96. The minimum absolute atomic E-state index is 0.261. The van der Waals surface area contributed by atoms with E-state index in [1.165, 1.54) is 5.56 Å². The van der Waals surface area contributed by atoms with E-state index in [-0.39, 0.29) is 5.97 Å². The van der Waals surface area contributed by atoms with Crippen LogP contribution in [0, 0.1) is 6.92 Å². The van der Waals surface area contributed by atoms with Crippen LogP contribution < -0.4 is 9.47 Å². The number of carbonyl (C=O) groups excluding carboxylic acids is 1. The quantitative estimate of drug-likeness (QED) is 0.563. The fraction of sp³-hybridized carbons (Fsp3) is 0.263. The highest BCUT2D eigenvalue weighted by atomic mass is 16.6. The molecular weight excluding hydrogens is 304 g/mol. The van der Waals surface area contributed by atoms with E-state index in [1.54, 1.807) is 13.2 Å². The maximum Gasteiger partial charge on any atom is 0.311 e. The molecule has 124 valence electrons. The van der Waals surface area contributed by atoms with Crippen LogP contribution in [0.5, 0.6) is 11.5 Å². The maximum absolute atomic E-state index is 11.7. The first kappa shape index (κ1) is 16.1. The van der Waals surface area contributed by atoms with E-state index in [1.807, 2.05) is 38.1 Å². The van der Waals surface area contributed by atoms with E-state index in [0.717, 1.165) is 28.8 Å². The Kier molecular flexibility index (Phi) is 4.51. The summed E-state index contributed by atoms with van der Waals surface area (Å²) < 4.78 is 10.7. The zero-order valence-corrected chi connectivity index (χ0v) is 14.1. The zero-order chi connectivity index (χ0) is 17.1. The standard InChI is InChI=1S/C19H20N2O3/c1-4-5-18(22)24-16-9-7-13(11-17(16)23-3)19-20-14-8-6-12(2)10-15(14)21-19/h6-11H,4-5H2,1-3H3,(H,20,21). The second kappa shape index (κ2) is 6.74. The maximum atomic E-state index is 11.7. The predicted octanol–water partition coefficient (Wildman–Crippen LogP) is 4.25. The summed E-state index contributed by atoms with van der Waals surface area (Å²) in [6.07, 6.45) is 1.13. The Hall–Kier alpha value is -2.82. The molecule has 1 heterocycles. The number of nitrogens with one attached hydrogen (secondary N) is 1. The number of aromatic nitrogens is 2. The van der Waals surface area contributed by atoms with Gasteiger partial charge in [-0.3, -0.25) is 4.79 Å². The Morgan fingerprint density at radius 1 is 1.17 bits per heavy atom. The number of nitrogens with zero attached hydrogens (tertiary/aromatic N) is 1. The molecule has 1 aromatic heterocycles. The third-order valence-electron chi connectivity index (χ3n) is 3.75. The van der Waals surface area contributed by atoms with Gasteiger partial charge in [0, 0.05) is 12.0 Å². The Bertz CT molecular complexity index is 883. The molecule has 5 nitrogen and oxygen atoms in total. The van der Waals surface area contributed by atoms with Gasteiger partial charge in [-0.15, -0.1) is 0 Å². The van der Waals surface area contributed by atoms with Gasteiger partial charge >= 0.3 is 5.97 Å². The molecule has 0 saturated heterocycles. The smallest absolute Gasteiger partial charge is 0.311 e. The lowest BCUT2D eigenvalue weighted by Crippen LogP contribution is -2.07. The van der Waals surface area contributed by atoms with Crippen LogP contribution in [0.25, 0.3) is 22.4 Å². The lowest BCUT2D eigenvalue weighted by molar-refractivity contribution is -0.134. The molecule has 0 aliphatic heterocycles. The molecule has 3 rings (SSSR count). The lowest BCUT2D eigenvalue weighted by atomic mass is 10.2. The molecule has 0 aliphatic carbocycles. The number of hydrogen-bond donors (Lipinski definition) is 1. The molecule has 0 spiro atoms. The van der Waals surface area contributed by atoms with Crippen molar-refractivity contribution in [2.75, 3.05) is 7.11 Å². The highest BCUT2D eigenvalue weighted by Gasteiger charge is 2.13. The van der Waals surface area contributed by atoms with Gasteiger partial charge in [-0.1, -0.05) is 13.0 Å². The number of fused-ring (bicyclic) bond motifs is 1. The molecule has 0 bridgehead atoms. The lowest BCUT2D eigenvalue weighted by Gasteiger charge is -2.10. The molecule has 0 aliphatic rings. The van der Waals surface area contributed by atoms with Crippen LogP contribution in [0.3, 0.4) is 0 Å². The molecule has 3 aromatic rings. The van der Waals surface area contributed by atoms with E-state index >= 15 is 0 Å². The Balaban J connectivity index is 1.94. The molecule has 1 N–H and O–H groups in total. The van der Waals surface area contributed by atoms with Crippen molar-refractivity contribution in [3.05, 3.63) is 42.0 Å². The van der Waals surface area contributed by atoms with Crippen LogP contribution in [-0.2, 0) is 4.79 Å². The fourth-order valence-corrected chi connectivity index (χ4v) is 2.54. The summed E-state index contributed by atoms with van der Waals surface area (Å²) in [6, 6.07) is 11.5. The van der Waals surface area contributed by atoms with Crippen LogP contribution in [-0.4, -0.2) is 23.0 Å². The predicted molar refractivity (Wildman–Crippen MR) is 93.4 cm³/mol. The van der Waals surface area contributed by atoms with Gasteiger partial charge in [-0.2, -0.15) is 0 Å². The van der Waals surface area contributed by atoms with Crippen molar-refractivity contribution in [2.45, 2.75) is 26.7 Å². The number of esters is 1. The topological polar surface area (TPSA) is 64.2 Å². The molecule has 0 fully saturated rings. The zero-order valence-electron chi connectivity index (χ0n) is 14.1. The van der Waals surface area contributed by atoms with Crippen LogP contribution in [0.15, 0.2) is 36.4 Å². The second-order valence-corrected chi connectivity index (χ2v) is 5.70. The molecule has 0 saturated carbocycles. The minimum Gasteiger partial charge on any atom is -0.493 e.